The van der Waals surface area contributed by atoms with Crippen molar-refractivity contribution in [2.75, 3.05) is 16.8 Å². The Labute approximate surface area is 87.1 Å². The Morgan fingerprint density at radius 3 is 3.23 bits per heavy atom. The number of nitrogens with one attached hydrogen (secondary N) is 1. The first-order valence-corrected chi connectivity index (χ1v) is 6.70. The molecule has 1 aromatic rings. The van der Waals surface area contributed by atoms with Crippen LogP contribution in [0.3, 0.4) is 0 Å². The third kappa shape index (κ3) is 2.38. The molecule has 0 amide bonds. The summed E-state index contributed by atoms with van der Waals surface area (Å²) in [5.41, 5.74) is 1.21. The van der Waals surface area contributed by atoms with E-state index in [0.717, 1.165) is 11.6 Å². The molecule has 2 heterocycles. The Hall–Kier alpha value is -0.220. The molecule has 1 unspecified atom stereocenters. The Balaban J connectivity index is 1.92. The molecular weight excluding hydrogens is 200 g/mol. The maximum atomic E-state index is 4.49. The summed E-state index contributed by atoms with van der Waals surface area (Å²) in [4.78, 5) is 4.49. The van der Waals surface area contributed by atoms with E-state index in [4.69, 9.17) is 0 Å². The lowest BCUT2D eigenvalue weighted by Crippen LogP contribution is -2.17. The molecule has 13 heavy (non-hydrogen) atoms. The minimum absolute atomic E-state index is 0.654. The highest BCUT2D eigenvalue weighted by molar-refractivity contribution is 7.99. The third-order valence-corrected chi connectivity index (χ3v) is 4.16. The number of nitrogens with zero attached hydrogens (tertiary/aromatic N) is 1. The van der Waals surface area contributed by atoms with Crippen molar-refractivity contribution >= 4 is 28.2 Å². The van der Waals surface area contributed by atoms with Crippen LogP contribution in [0, 0.1) is 0 Å². The third-order valence-electron chi connectivity index (χ3n) is 2.17. The second-order valence-corrected chi connectivity index (χ2v) is 5.21. The second-order valence-electron chi connectivity index (χ2n) is 3.20. The SMILES string of the molecule is CCc1csc(NC2CCSC2)n1. The highest BCUT2D eigenvalue weighted by Crippen LogP contribution is 2.23. The minimum atomic E-state index is 0.654. The number of thioether (sulfide) groups is 1. The van der Waals surface area contributed by atoms with Gasteiger partial charge in [-0.15, -0.1) is 11.3 Å². The molecule has 1 aromatic heterocycles. The van der Waals surface area contributed by atoms with E-state index in [0.29, 0.717) is 6.04 Å². The smallest absolute Gasteiger partial charge is 0.183 e. The van der Waals surface area contributed by atoms with Crippen molar-refractivity contribution in [3.05, 3.63) is 11.1 Å². The predicted octanol–water partition coefficient (Wildman–Crippen LogP) is 2.62. The van der Waals surface area contributed by atoms with E-state index in [1.165, 1.54) is 23.6 Å². The van der Waals surface area contributed by atoms with Gasteiger partial charge in [0.05, 0.1) is 5.69 Å². The Morgan fingerprint density at radius 2 is 2.62 bits per heavy atom. The highest BCUT2D eigenvalue weighted by atomic mass is 32.2. The van der Waals surface area contributed by atoms with Crippen molar-refractivity contribution in [1.29, 1.82) is 0 Å². The first-order valence-electron chi connectivity index (χ1n) is 4.67. The summed E-state index contributed by atoms with van der Waals surface area (Å²) in [6, 6.07) is 0.654. The van der Waals surface area contributed by atoms with Crippen molar-refractivity contribution < 1.29 is 0 Å². The van der Waals surface area contributed by atoms with E-state index in [2.05, 4.69) is 22.6 Å². The first kappa shape index (κ1) is 9.34. The summed E-state index contributed by atoms with van der Waals surface area (Å²) >= 11 is 3.76. The molecule has 1 aliphatic heterocycles. The van der Waals surface area contributed by atoms with Gasteiger partial charge in [0.2, 0.25) is 0 Å². The molecule has 4 heteroatoms. The number of aryl methyl sites for hydroxylation is 1. The van der Waals surface area contributed by atoms with Gasteiger partial charge in [-0.05, 0) is 18.6 Å². The molecule has 0 radical (unpaired) electrons. The average molecular weight is 214 g/mol. The number of aromatic nitrogens is 1. The van der Waals surface area contributed by atoms with E-state index < -0.39 is 0 Å². The zero-order valence-electron chi connectivity index (χ0n) is 7.75. The highest BCUT2D eigenvalue weighted by Gasteiger charge is 2.15. The van der Waals surface area contributed by atoms with Crippen LogP contribution in [-0.4, -0.2) is 22.5 Å². The van der Waals surface area contributed by atoms with Gasteiger partial charge in [0.25, 0.3) is 0 Å². The maximum absolute atomic E-state index is 4.49. The van der Waals surface area contributed by atoms with E-state index >= 15 is 0 Å². The molecule has 0 spiro atoms. The van der Waals surface area contributed by atoms with Crippen molar-refractivity contribution in [2.24, 2.45) is 0 Å². The van der Waals surface area contributed by atoms with E-state index in [1.54, 1.807) is 11.3 Å². The summed E-state index contributed by atoms with van der Waals surface area (Å²) in [6.45, 7) is 2.14. The van der Waals surface area contributed by atoms with Crippen molar-refractivity contribution in [3.8, 4) is 0 Å². The van der Waals surface area contributed by atoms with Gasteiger partial charge in [-0.1, -0.05) is 6.92 Å². The molecular formula is C9H14N2S2. The lowest BCUT2D eigenvalue weighted by molar-refractivity contribution is 0.810. The van der Waals surface area contributed by atoms with Crippen molar-refractivity contribution in [1.82, 2.24) is 4.98 Å². The number of anilines is 1. The monoisotopic (exact) mass is 214 g/mol. The fourth-order valence-corrected chi connectivity index (χ4v) is 3.38. The zero-order valence-corrected chi connectivity index (χ0v) is 9.38. The van der Waals surface area contributed by atoms with Crippen LogP contribution < -0.4 is 5.32 Å². The fraction of sp³-hybridized carbons (Fsp3) is 0.667. The molecule has 0 aliphatic carbocycles. The van der Waals surface area contributed by atoms with Crippen LogP contribution in [0.5, 0.6) is 0 Å². The summed E-state index contributed by atoms with van der Waals surface area (Å²) in [7, 11) is 0. The molecule has 1 atom stereocenters. The second kappa shape index (κ2) is 4.33. The summed E-state index contributed by atoms with van der Waals surface area (Å²) in [5.74, 6) is 2.53. The van der Waals surface area contributed by atoms with Gasteiger partial charge >= 0.3 is 0 Å². The number of rotatable bonds is 3. The summed E-state index contributed by atoms with van der Waals surface area (Å²) in [5, 5.41) is 6.73. The van der Waals surface area contributed by atoms with Gasteiger partial charge in [-0.2, -0.15) is 11.8 Å². The van der Waals surface area contributed by atoms with Crippen LogP contribution in [0.4, 0.5) is 5.13 Å². The van der Waals surface area contributed by atoms with Crippen LogP contribution in [0.1, 0.15) is 19.0 Å². The quantitative estimate of drug-likeness (QED) is 0.837. The molecule has 72 valence electrons. The lowest BCUT2D eigenvalue weighted by Gasteiger charge is -2.08. The van der Waals surface area contributed by atoms with Crippen LogP contribution in [-0.2, 0) is 6.42 Å². The van der Waals surface area contributed by atoms with Crippen molar-refractivity contribution in [3.63, 3.8) is 0 Å². The topological polar surface area (TPSA) is 24.9 Å². The van der Waals surface area contributed by atoms with Gasteiger partial charge in [0, 0.05) is 17.2 Å². The Bertz CT molecular complexity index is 266. The zero-order chi connectivity index (χ0) is 9.10. The number of thiazole rings is 1. The minimum Gasteiger partial charge on any atom is -0.358 e. The fourth-order valence-electron chi connectivity index (χ4n) is 1.36. The molecule has 0 saturated carbocycles. The van der Waals surface area contributed by atoms with Crippen LogP contribution in [0.15, 0.2) is 5.38 Å². The van der Waals surface area contributed by atoms with Crippen LogP contribution in [0.25, 0.3) is 0 Å². The standard InChI is InChI=1S/C9H14N2S2/c1-2-7-6-13-9(10-7)11-8-3-4-12-5-8/h6,8H,2-5H2,1H3,(H,10,11). The van der Waals surface area contributed by atoms with Crippen LogP contribution in [0.2, 0.25) is 0 Å². The maximum Gasteiger partial charge on any atom is 0.183 e. The Kier molecular flexibility index (Phi) is 3.11. The first-order chi connectivity index (χ1) is 6.38. The normalized spacial score (nSPS) is 22.1. The Morgan fingerprint density at radius 1 is 1.69 bits per heavy atom. The lowest BCUT2D eigenvalue weighted by atomic mass is 10.3. The predicted molar refractivity (Wildman–Crippen MR) is 60.8 cm³/mol. The number of hydrogen-bond acceptors (Lipinski definition) is 4. The number of hydrogen-bond donors (Lipinski definition) is 1. The summed E-state index contributed by atoms with van der Waals surface area (Å²) in [6.07, 6.45) is 2.32. The molecule has 1 saturated heterocycles. The van der Waals surface area contributed by atoms with Crippen LogP contribution >= 0.6 is 23.1 Å². The largest absolute Gasteiger partial charge is 0.358 e. The van der Waals surface area contributed by atoms with E-state index in [1.807, 2.05) is 11.8 Å². The van der Waals surface area contributed by atoms with Gasteiger partial charge in [0.15, 0.2) is 5.13 Å². The van der Waals surface area contributed by atoms with E-state index in [-0.39, 0.29) is 0 Å². The molecule has 0 bridgehead atoms. The molecule has 2 nitrogen and oxygen atoms in total. The van der Waals surface area contributed by atoms with Gasteiger partial charge < -0.3 is 5.32 Å². The molecule has 2 rings (SSSR count). The molecule has 0 aromatic carbocycles. The van der Waals surface area contributed by atoms with Gasteiger partial charge in [-0.3, -0.25) is 0 Å². The van der Waals surface area contributed by atoms with E-state index in [9.17, 15) is 0 Å². The van der Waals surface area contributed by atoms with Gasteiger partial charge in [0.1, 0.15) is 0 Å². The van der Waals surface area contributed by atoms with Gasteiger partial charge in [-0.25, -0.2) is 4.98 Å². The molecule has 1 aliphatic rings. The summed E-state index contributed by atoms with van der Waals surface area (Å²) < 4.78 is 0. The molecule has 1 N–H and O–H groups in total. The molecule has 1 fully saturated rings. The average Bonchev–Trinajstić information content (AvgIpc) is 2.76. The van der Waals surface area contributed by atoms with Crippen molar-refractivity contribution in [2.45, 2.75) is 25.8 Å².